The van der Waals surface area contributed by atoms with E-state index in [0.717, 1.165) is 7.11 Å². The van der Waals surface area contributed by atoms with Crippen molar-refractivity contribution >= 4 is 16.0 Å². The van der Waals surface area contributed by atoms with Gasteiger partial charge in [0.15, 0.2) is 0 Å². The molecular formula is C4H10N2O3S. The fourth-order valence-corrected chi connectivity index (χ4v) is 0.553. The largest absolute Gasteiger partial charge is 0.374 e. The lowest BCUT2D eigenvalue weighted by atomic mass is 10.5. The Kier molecular flexibility index (Phi) is 3.31. The fraction of sp³-hybridized carbons (Fsp3) is 0.750. The Hall–Kier alpha value is -0.620. The SMILES string of the molecule is COS(=O)(=O)NN=C(C)C. The van der Waals surface area contributed by atoms with Gasteiger partial charge in [0.2, 0.25) is 0 Å². The molecule has 6 heteroatoms. The molecule has 0 aromatic carbocycles. The van der Waals surface area contributed by atoms with Crippen LogP contribution in [-0.2, 0) is 14.5 Å². The minimum atomic E-state index is -3.65. The van der Waals surface area contributed by atoms with E-state index >= 15 is 0 Å². The van der Waals surface area contributed by atoms with Crippen molar-refractivity contribution in [1.29, 1.82) is 0 Å². The molecule has 0 bridgehead atoms. The van der Waals surface area contributed by atoms with Crippen molar-refractivity contribution in [3.05, 3.63) is 0 Å². The molecular weight excluding hydrogens is 156 g/mol. The topological polar surface area (TPSA) is 67.8 Å². The molecule has 0 atom stereocenters. The molecule has 10 heavy (non-hydrogen) atoms. The van der Waals surface area contributed by atoms with Crippen LogP contribution in [0, 0.1) is 0 Å². The molecule has 0 radical (unpaired) electrons. The predicted molar refractivity (Wildman–Crippen MR) is 37.8 cm³/mol. The Morgan fingerprint density at radius 2 is 2.00 bits per heavy atom. The smallest absolute Gasteiger partial charge is 0.256 e. The van der Waals surface area contributed by atoms with Gasteiger partial charge in [0.25, 0.3) is 0 Å². The minimum absolute atomic E-state index is 0.612. The first-order chi connectivity index (χ1) is 4.48. The van der Waals surface area contributed by atoms with Crippen LogP contribution in [0.15, 0.2) is 5.10 Å². The van der Waals surface area contributed by atoms with Crippen molar-refractivity contribution in [2.24, 2.45) is 5.10 Å². The molecule has 0 saturated carbocycles. The second-order valence-electron chi connectivity index (χ2n) is 1.77. The third-order valence-corrected chi connectivity index (χ3v) is 1.35. The summed E-state index contributed by atoms with van der Waals surface area (Å²) in [4.78, 5) is 1.85. The normalized spacial score (nSPS) is 10.7. The van der Waals surface area contributed by atoms with Gasteiger partial charge in [0.1, 0.15) is 0 Å². The second-order valence-corrected chi connectivity index (χ2v) is 3.20. The highest BCUT2D eigenvalue weighted by Crippen LogP contribution is 1.82. The average Bonchev–Trinajstić information content (AvgIpc) is 1.85. The van der Waals surface area contributed by atoms with Crippen molar-refractivity contribution < 1.29 is 12.6 Å². The Labute approximate surface area is 60.3 Å². The van der Waals surface area contributed by atoms with Crippen molar-refractivity contribution in [2.45, 2.75) is 13.8 Å². The van der Waals surface area contributed by atoms with E-state index in [1.54, 1.807) is 13.8 Å². The van der Waals surface area contributed by atoms with Crippen LogP contribution in [0.5, 0.6) is 0 Å². The lowest BCUT2D eigenvalue weighted by molar-refractivity contribution is 0.388. The van der Waals surface area contributed by atoms with Crippen LogP contribution in [0.25, 0.3) is 0 Å². The van der Waals surface area contributed by atoms with Gasteiger partial charge in [-0.1, -0.05) is 0 Å². The van der Waals surface area contributed by atoms with Crippen LogP contribution < -0.4 is 4.83 Å². The first kappa shape index (κ1) is 9.38. The zero-order valence-corrected chi connectivity index (χ0v) is 6.90. The van der Waals surface area contributed by atoms with E-state index in [4.69, 9.17) is 0 Å². The molecule has 0 rings (SSSR count). The Balaban J connectivity index is 4.06. The summed E-state index contributed by atoms with van der Waals surface area (Å²) >= 11 is 0. The van der Waals surface area contributed by atoms with Gasteiger partial charge in [-0.3, -0.25) is 4.18 Å². The molecule has 0 heterocycles. The summed E-state index contributed by atoms with van der Waals surface area (Å²) in [6, 6.07) is 0. The molecule has 1 N–H and O–H groups in total. The van der Waals surface area contributed by atoms with Crippen LogP contribution >= 0.6 is 0 Å². The monoisotopic (exact) mass is 166 g/mol. The standard InChI is InChI=1S/C4H10N2O3S/c1-4(2)5-6-10(7,8)9-3/h6H,1-3H3. The van der Waals surface area contributed by atoms with Crippen molar-refractivity contribution in [2.75, 3.05) is 7.11 Å². The number of nitrogens with one attached hydrogen (secondary N) is 1. The van der Waals surface area contributed by atoms with E-state index < -0.39 is 10.3 Å². The number of nitrogens with zero attached hydrogens (tertiary/aromatic N) is 1. The number of hydrogen-bond donors (Lipinski definition) is 1. The van der Waals surface area contributed by atoms with E-state index in [1.165, 1.54) is 0 Å². The summed E-state index contributed by atoms with van der Waals surface area (Å²) in [7, 11) is -2.59. The van der Waals surface area contributed by atoms with E-state index in [-0.39, 0.29) is 0 Å². The van der Waals surface area contributed by atoms with Crippen LogP contribution in [0.3, 0.4) is 0 Å². The summed E-state index contributed by atoms with van der Waals surface area (Å²) in [5, 5.41) is 3.42. The summed E-state index contributed by atoms with van der Waals surface area (Å²) < 4.78 is 25.0. The van der Waals surface area contributed by atoms with Gasteiger partial charge in [-0.2, -0.15) is 18.4 Å². The molecule has 0 aliphatic heterocycles. The van der Waals surface area contributed by atoms with Gasteiger partial charge in [0, 0.05) is 5.71 Å². The Morgan fingerprint density at radius 1 is 1.50 bits per heavy atom. The molecule has 60 valence electrons. The second kappa shape index (κ2) is 3.52. The molecule has 0 saturated heterocycles. The lowest BCUT2D eigenvalue weighted by Gasteiger charge is -1.97. The predicted octanol–water partition coefficient (Wildman–Crippen LogP) is -0.137. The third-order valence-electron chi connectivity index (χ3n) is 0.600. The number of hydrazone groups is 1. The lowest BCUT2D eigenvalue weighted by Crippen LogP contribution is -2.19. The third kappa shape index (κ3) is 4.28. The average molecular weight is 166 g/mol. The molecule has 0 aromatic heterocycles. The molecule has 0 unspecified atom stereocenters. The van der Waals surface area contributed by atoms with Gasteiger partial charge in [-0.25, -0.2) is 0 Å². The number of rotatable bonds is 3. The molecule has 0 aliphatic carbocycles. The zero-order chi connectivity index (χ0) is 8.20. The summed E-state index contributed by atoms with van der Waals surface area (Å²) in [5.74, 6) is 0. The first-order valence-electron chi connectivity index (χ1n) is 2.56. The van der Waals surface area contributed by atoms with Crippen molar-refractivity contribution in [3.63, 3.8) is 0 Å². The van der Waals surface area contributed by atoms with Gasteiger partial charge < -0.3 is 0 Å². The van der Waals surface area contributed by atoms with Gasteiger partial charge >= 0.3 is 10.3 Å². The summed E-state index contributed by atoms with van der Waals surface area (Å²) in [6.45, 7) is 3.33. The van der Waals surface area contributed by atoms with Crippen molar-refractivity contribution in [1.82, 2.24) is 4.83 Å². The summed E-state index contributed by atoms with van der Waals surface area (Å²) in [6.07, 6.45) is 0. The highest BCUT2D eigenvalue weighted by atomic mass is 32.2. The maximum absolute atomic E-state index is 10.5. The van der Waals surface area contributed by atoms with Crippen molar-refractivity contribution in [3.8, 4) is 0 Å². The first-order valence-corrected chi connectivity index (χ1v) is 3.97. The van der Waals surface area contributed by atoms with E-state index in [0.29, 0.717) is 5.71 Å². The molecule has 0 amide bonds. The quantitative estimate of drug-likeness (QED) is 0.469. The molecule has 0 aromatic rings. The van der Waals surface area contributed by atoms with Gasteiger partial charge in [-0.05, 0) is 13.8 Å². The fourth-order valence-electron chi connectivity index (χ4n) is 0.184. The van der Waals surface area contributed by atoms with Crippen LogP contribution in [-0.4, -0.2) is 21.2 Å². The highest BCUT2D eigenvalue weighted by molar-refractivity contribution is 7.84. The van der Waals surface area contributed by atoms with Gasteiger partial charge in [-0.15, -0.1) is 0 Å². The zero-order valence-electron chi connectivity index (χ0n) is 6.08. The van der Waals surface area contributed by atoms with E-state index in [1.807, 2.05) is 4.83 Å². The van der Waals surface area contributed by atoms with Crippen LogP contribution in [0.2, 0.25) is 0 Å². The summed E-state index contributed by atoms with van der Waals surface area (Å²) in [5.41, 5.74) is 0.612. The Morgan fingerprint density at radius 3 is 2.30 bits per heavy atom. The molecule has 0 spiro atoms. The minimum Gasteiger partial charge on any atom is -0.256 e. The molecule has 0 fully saturated rings. The van der Waals surface area contributed by atoms with Gasteiger partial charge in [0.05, 0.1) is 7.11 Å². The van der Waals surface area contributed by atoms with Crippen LogP contribution in [0.4, 0.5) is 0 Å². The molecule has 5 nitrogen and oxygen atoms in total. The van der Waals surface area contributed by atoms with E-state index in [2.05, 4.69) is 9.28 Å². The maximum atomic E-state index is 10.5. The number of hydrogen-bond acceptors (Lipinski definition) is 4. The Bertz CT molecular complexity index is 215. The maximum Gasteiger partial charge on any atom is 0.374 e. The highest BCUT2D eigenvalue weighted by Gasteiger charge is 2.02. The van der Waals surface area contributed by atoms with Crippen LogP contribution in [0.1, 0.15) is 13.8 Å². The molecule has 0 aliphatic rings. The van der Waals surface area contributed by atoms with E-state index in [9.17, 15) is 8.42 Å².